The van der Waals surface area contributed by atoms with E-state index in [1.807, 2.05) is 44.2 Å². The summed E-state index contributed by atoms with van der Waals surface area (Å²) >= 11 is 0. The molecule has 0 bridgehead atoms. The van der Waals surface area contributed by atoms with Crippen LogP contribution in [0.1, 0.15) is 39.2 Å². The molecule has 0 heterocycles. The van der Waals surface area contributed by atoms with E-state index in [9.17, 15) is 8.42 Å². The molecule has 102 valence electrons. The highest BCUT2D eigenvalue weighted by Crippen LogP contribution is 2.33. The Morgan fingerprint density at radius 1 is 0.895 bits per heavy atom. The molecule has 0 aromatic heterocycles. The summed E-state index contributed by atoms with van der Waals surface area (Å²) in [7, 11) is -3.24. The predicted molar refractivity (Wildman–Crippen MR) is 80.4 cm³/mol. The lowest BCUT2D eigenvalue weighted by molar-refractivity contribution is 0.585. The van der Waals surface area contributed by atoms with Crippen molar-refractivity contribution >= 4 is 20.6 Å². The Hall–Kier alpha value is -1.35. The fourth-order valence-electron chi connectivity index (χ4n) is 2.37. The summed E-state index contributed by atoms with van der Waals surface area (Å²) in [6.07, 6.45) is 0. The lowest BCUT2D eigenvalue weighted by atomic mass is 9.96. The van der Waals surface area contributed by atoms with E-state index >= 15 is 0 Å². The van der Waals surface area contributed by atoms with Gasteiger partial charge < -0.3 is 0 Å². The molecular weight excluding hydrogens is 256 g/mol. The Morgan fingerprint density at radius 2 is 1.53 bits per heavy atom. The molecule has 2 nitrogen and oxygen atoms in total. The molecule has 0 radical (unpaired) electrons. The van der Waals surface area contributed by atoms with E-state index in [4.69, 9.17) is 0 Å². The van der Waals surface area contributed by atoms with Gasteiger partial charge in [0.05, 0.1) is 10.1 Å². The highest BCUT2D eigenvalue weighted by molar-refractivity contribution is 7.92. The van der Waals surface area contributed by atoms with Gasteiger partial charge in [0.2, 0.25) is 0 Å². The maximum absolute atomic E-state index is 12.5. The van der Waals surface area contributed by atoms with Crippen molar-refractivity contribution in [3.8, 4) is 0 Å². The number of fused-ring (bicyclic) bond motifs is 1. The van der Waals surface area contributed by atoms with Crippen molar-refractivity contribution < 1.29 is 8.42 Å². The number of sulfone groups is 1. The predicted octanol–water partition coefficient (Wildman–Crippen LogP) is 4.15. The zero-order valence-corrected chi connectivity index (χ0v) is 12.7. The zero-order valence-electron chi connectivity index (χ0n) is 11.8. The largest absolute Gasteiger partial charge is 0.223 e. The minimum Gasteiger partial charge on any atom is -0.223 e. The maximum atomic E-state index is 12.5. The molecule has 0 spiro atoms. The van der Waals surface area contributed by atoms with Crippen LogP contribution in [0.2, 0.25) is 0 Å². The summed E-state index contributed by atoms with van der Waals surface area (Å²) in [5, 5.41) is 1.74. The van der Waals surface area contributed by atoms with E-state index in [1.54, 1.807) is 19.9 Å². The summed E-state index contributed by atoms with van der Waals surface area (Å²) in [5.74, 6) is 0.176. The average molecular weight is 276 g/mol. The van der Waals surface area contributed by atoms with Gasteiger partial charge in [-0.25, -0.2) is 8.42 Å². The van der Waals surface area contributed by atoms with Crippen molar-refractivity contribution in [2.45, 2.75) is 43.8 Å². The van der Waals surface area contributed by atoms with Crippen LogP contribution in [-0.4, -0.2) is 13.7 Å². The second-order valence-electron chi connectivity index (χ2n) is 5.45. The molecule has 19 heavy (non-hydrogen) atoms. The van der Waals surface area contributed by atoms with Gasteiger partial charge >= 0.3 is 0 Å². The molecule has 0 aliphatic carbocycles. The quantitative estimate of drug-likeness (QED) is 0.844. The minimum atomic E-state index is -3.24. The van der Waals surface area contributed by atoms with Gasteiger partial charge in [0.25, 0.3) is 0 Å². The van der Waals surface area contributed by atoms with Gasteiger partial charge in [-0.15, -0.1) is 0 Å². The number of hydrogen-bond donors (Lipinski definition) is 0. The topological polar surface area (TPSA) is 34.1 Å². The highest BCUT2D eigenvalue weighted by atomic mass is 32.2. The van der Waals surface area contributed by atoms with Gasteiger partial charge in [-0.2, -0.15) is 0 Å². The first-order valence-corrected chi connectivity index (χ1v) is 8.16. The van der Waals surface area contributed by atoms with Gasteiger partial charge in [0, 0.05) is 0 Å². The fourth-order valence-corrected chi connectivity index (χ4v) is 3.79. The van der Waals surface area contributed by atoms with Gasteiger partial charge in [0.15, 0.2) is 9.84 Å². The van der Waals surface area contributed by atoms with Crippen LogP contribution in [0.4, 0.5) is 0 Å². The molecule has 0 fully saturated rings. The second kappa shape index (κ2) is 4.97. The Labute approximate surface area is 115 Å². The van der Waals surface area contributed by atoms with Crippen molar-refractivity contribution in [1.29, 1.82) is 0 Å². The van der Waals surface area contributed by atoms with Crippen molar-refractivity contribution in [2.75, 3.05) is 0 Å². The Balaban J connectivity index is 2.87. The maximum Gasteiger partial charge on any atom is 0.180 e. The third-order valence-corrected chi connectivity index (χ3v) is 5.65. The SMILES string of the molecule is CC(C)c1c(S(=O)(=O)C(C)C)ccc2ccccc12. The summed E-state index contributed by atoms with van der Waals surface area (Å²) < 4.78 is 25.0. The Morgan fingerprint density at radius 3 is 2.11 bits per heavy atom. The van der Waals surface area contributed by atoms with Crippen LogP contribution in [0.5, 0.6) is 0 Å². The van der Waals surface area contributed by atoms with E-state index in [2.05, 4.69) is 0 Å². The van der Waals surface area contributed by atoms with E-state index in [1.165, 1.54) is 0 Å². The van der Waals surface area contributed by atoms with Crippen LogP contribution < -0.4 is 0 Å². The fraction of sp³-hybridized carbons (Fsp3) is 0.375. The van der Waals surface area contributed by atoms with Crippen LogP contribution in [0.15, 0.2) is 41.3 Å². The second-order valence-corrected chi connectivity index (χ2v) is 7.92. The average Bonchev–Trinajstić information content (AvgIpc) is 2.36. The zero-order chi connectivity index (χ0) is 14.2. The molecular formula is C16H20O2S. The molecule has 0 aliphatic heterocycles. The van der Waals surface area contributed by atoms with E-state index in [-0.39, 0.29) is 5.92 Å². The summed E-state index contributed by atoms with van der Waals surface area (Å²) in [6, 6.07) is 11.6. The molecule has 2 rings (SSSR count). The molecule has 0 aliphatic rings. The molecule has 0 amide bonds. The van der Waals surface area contributed by atoms with Crippen molar-refractivity contribution in [1.82, 2.24) is 0 Å². The summed E-state index contributed by atoms with van der Waals surface area (Å²) in [6.45, 7) is 7.55. The monoisotopic (exact) mass is 276 g/mol. The van der Waals surface area contributed by atoms with Crippen molar-refractivity contribution in [3.05, 3.63) is 42.0 Å². The van der Waals surface area contributed by atoms with E-state index in [0.29, 0.717) is 4.90 Å². The molecule has 3 heteroatoms. The van der Waals surface area contributed by atoms with Crippen LogP contribution in [0.25, 0.3) is 10.8 Å². The first kappa shape index (κ1) is 14.1. The molecule has 2 aromatic carbocycles. The van der Waals surface area contributed by atoms with E-state index in [0.717, 1.165) is 16.3 Å². The third-order valence-electron chi connectivity index (χ3n) is 3.44. The van der Waals surface area contributed by atoms with Gasteiger partial charge in [-0.1, -0.05) is 44.2 Å². The first-order valence-electron chi connectivity index (χ1n) is 6.61. The molecule has 0 N–H and O–H groups in total. The summed E-state index contributed by atoms with van der Waals surface area (Å²) in [4.78, 5) is 0.483. The van der Waals surface area contributed by atoms with Gasteiger partial charge in [-0.05, 0) is 42.2 Å². The molecule has 0 saturated heterocycles. The smallest absolute Gasteiger partial charge is 0.180 e. The third kappa shape index (κ3) is 2.39. The summed E-state index contributed by atoms with van der Waals surface area (Å²) in [5.41, 5.74) is 0.937. The van der Waals surface area contributed by atoms with Crippen LogP contribution in [0, 0.1) is 0 Å². The normalized spacial score (nSPS) is 12.5. The van der Waals surface area contributed by atoms with Gasteiger partial charge in [0.1, 0.15) is 0 Å². The van der Waals surface area contributed by atoms with Crippen molar-refractivity contribution in [3.63, 3.8) is 0 Å². The molecule has 0 saturated carbocycles. The number of benzene rings is 2. The molecule has 0 atom stereocenters. The van der Waals surface area contributed by atoms with Crippen LogP contribution in [0.3, 0.4) is 0 Å². The van der Waals surface area contributed by atoms with Crippen LogP contribution in [-0.2, 0) is 9.84 Å². The van der Waals surface area contributed by atoms with E-state index < -0.39 is 15.1 Å². The lowest BCUT2D eigenvalue weighted by Gasteiger charge is -2.18. The number of rotatable bonds is 3. The lowest BCUT2D eigenvalue weighted by Crippen LogP contribution is -2.16. The number of hydrogen-bond acceptors (Lipinski definition) is 2. The minimum absolute atomic E-state index is 0.176. The van der Waals surface area contributed by atoms with Crippen molar-refractivity contribution in [2.24, 2.45) is 0 Å². The highest BCUT2D eigenvalue weighted by Gasteiger charge is 2.24. The van der Waals surface area contributed by atoms with Crippen LogP contribution >= 0.6 is 0 Å². The van der Waals surface area contributed by atoms with Gasteiger partial charge in [-0.3, -0.25) is 0 Å². The first-order chi connectivity index (χ1) is 8.85. The molecule has 2 aromatic rings. The Kier molecular flexibility index (Phi) is 3.68. The molecule has 0 unspecified atom stereocenters. The Bertz CT molecular complexity index is 698. The standard InChI is InChI=1S/C16H20O2S/c1-11(2)16-14-8-6-5-7-13(14)9-10-15(16)19(17,18)12(3)4/h5-12H,1-4H3.